The number of hydrogen-bond donors (Lipinski definition) is 2. The van der Waals surface area contributed by atoms with Crippen LogP contribution in [0.5, 0.6) is 11.6 Å². The van der Waals surface area contributed by atoms with Gasteiger partial charge in [-0.25, -0.2) is 0 Å². The quantitative estimate of drug-likeness (QED) is 0.512. The molecule has 2 aliphatic heterocycles. The third-order valence-corrected chi connectivity index (χ3v) is 6.51. The third kappa shape index (κ3) is 3.67. The summed E-state index contributed by atoms with van der Waals surface area (Å²) < 4.78 is 7.97. The van der Waals surface area contributed by atoms with Gasteiger partial charge >= 0.3 is 0 Å². The van der Waals surface area contributed by atoms with Crippen LogP contribution in [0.4, 0.5) is 0 Å². The Morgan fingerprint density at radius 1 is 0.938 bits per heavy atom. The number of phenols is 1. The molecule has 2 atom stereocenters. The topological polar surface area (TPSA) is 97.5 Å². The van der Waals surface area contributed by atoms with Crippen molar-refractivity contribution in [2.24, 2.45) is 0 Å². The SMILES string of the molecule is Oc1cc(-c2ccn3cnnc3c2)ccc1-c1ccc(OC2CC3CCCC(C2)N3)nn1. The molecule has 32 heavy (non-hydrogen) atoms. The van der Waals surface area contributed by atoms with Gasteiger partial charge in [0.15, 0.2) is 5.65 Å². The van der Waals surface area contributed by atoms with Crippen molar-refractivity contribution in [1.29, 1.82) is 0 Å². The van der Waals surface area contributed by atoms with E-state index in [-0.39, 0.29) is 11.9 Å². The van der Waals surface area contributed by atoms with Crippen molar-refractivity contribution in [3.05, 3.63) is 55.0 Å². The molecule has 8 heteroatoms. The first-order chi connectivity index (χ1) is 15.7. The van der Waals surface area contributed by atoms with E-state index in [1.165, 1.54) is 19.3 Å². The molecule has 3 aromatic heterocycles. The summed E-state index contributed by atoms with van der Waals surface area (Å²) in [4.78, 5) is 0. The fourth-order valence-electron chi connectivity index (χ4n) is 4.93. The van der Waals surface area contributed by atoms with Crippen LogP contribution in [-0.2, 0) is 0 Å². The van der Waals surface area contributed by atoms with Gasteiger partial charge in [-0.15, -0.1) is 20.4 Å². The van der Waals surface area contributed by atoms with Crippen molar-refractivity contribution in [2.75, 3.05) is 0 Å². The highest BCUT2D eigenvalue weighted by Crippen LogP contribution is 2.33. The molecule has 1 aromatic carbocycles. The molecule has 0 radical (unpaired) electrons. The van der Waals surface area contributed by atoms with Crippen molar-refractivity contribution in [1.82, 2.24) is 30.1 Å². The van der Waals surface area contributed by atoms with Crippen LogP contribution < -0.4 is 10.1 Å². The Morgan fingerprint density at radius 3 is 2.56 bits per heavy atom. The summed E-state index contributed by atoms with van der Waals surface area (Å²) in [5, 5.41) is 30.9. The van der Waals surface area contributed by atoms with Gasteiger partial charge in [0.2, 0.25) is 5.88 Å². The van der Waals surface area contributed by atoms with E-state index >= 15 is 0 Å². The number of fused-ring (bicyclic) bond motifs is 3. The van der Waals surface area contributed by atoms with E-state index in [1.54, 1.807) is 12.4 Å². The van der Waals surface area contributed by atoms with Crippen molar-refractivity contribution in [3.63, 3.8) is 0 Å². The number of benzene rings is 1. The monoisotopic (exact) mass is 428 g/mol. The van der Waals surface area contributed by atoms with Crippen LogP contribution in [-0.4, -0.2) is 48.1 Å². The molecule has 6 rings (SSSR count). The highest BCUT2D eigenvalue weighted by Gasteiger charge is 2.32. The first-order valence-electron chi connectivity index (χ1n) is 11.1. The van der Waals surface area contributed by atoms with E-state index in [1.807, 2.05) is 47.0 Å². The first-order valence-corrected chi connectivity index (χ1v) is 11.1. The van der Waals surface area contributed by atoms with Crippen LogP contribution in [0.3, 0.4) is 0 Å². The van der Waals surface area contributed by atoms with Gasteiger partial charge < -0.3 is 15.2 Å². The van der Waals surface area contributed by atoms with E-state index in [9.17, 15) is 5.11 Å². The Morgan fingerprint density at radius 2 is 1.78 bits per heavy atom. The molecule has 2 bridgehead atoms. The number of ether oxygens (including phenoxy) is 1. The molecular formula is C24H24N6O2. The smallest absolute Gasteiger partial charge is 0.233 e. The number of aromatic nitrogens is 5. The molecule has 0 aliphatic carbocycles. The molecule has 0 spiro atoms. The molecule has 4 aromatic rings. The lowest BCUT2D eigenvalue weighted by Crippen LogP contribution is -2.51. The van der Waals surface area contributed by atoms with E-state index in [0.29, 0.717) is 29.2 Å². The highest BCUT2D eigenvalue weighted by atomic mass is 16.5. The van der Waals surface area contributed by atoms with Crippen molar-refractivity contribution >= 4 is 5.65 Å². The van der Waals surface area contributed by atoms with Gasteiger partial charge in [-0.3, -0.25) is 4.40 Å². The van der Waals surface area contributed by atoms with Gasteiger partial charge in [-0.05, 0) is 67.1 Å². The Bertz CT molecular complexity index is 1240. The normalized spacial score (nSPS) is 22.7. The maximum absolute atomic E-state index is 10.7. The summed E-state index contributed by atoms with van der Waals surface area (Å²) in [5.41, 5.74) is 3.84. The minimum atomic E-state index is 0.151. The van der Waals surface area contributed by atoms with Crippen LogP contribution in [0, 0.1) is 0 Å². The molecule has 5 heterocycles. The van der Waals surface area contributed by atoms with E-state index in [2.05, 4.69) is 25.7 Å². The second-order valence-electron chi connectivity index (χ2n) is 8.70. The minimum absolute atomic E-state index is 0.151. The van der Waals surface area contributed by atoms with Crippen LogP contribution in [0.2, 0.25) is 0 Å². The number of nitrogens with zero attached hydrogens (tertiary/aromatic N) is 5. The van der Waals surface area contributed by atoms with E-state index < -0.39 is 0 Å². The Hall–Kier alpha value is -3.52. The number of nitrogens with one attached hydrogen (secondary N) is 1. The lowest BCUT2D eigenvalue weighted by molar-refractivity contribution is 0.0881. The molecule has 2 saturated heterocycles. The van der Waals surface area contributed by atoms with Gasteiger partial charge in [-0.2, -0.15) is 0 Å². The Kier molecular flexibility index (Phi) is 4.72. The van der Waals surface area contributed by atoms with Crippen molar-refractivity contribution in [3.8, 4) is 34.0 Å². The minimum Gasteiger partial charge on any atom is -0.507 e. The van der Waals surface area contributed by atoms with Gasteiger partial charge in [-0.1, -0.05) is 12.5 Å². The molecular weight excluding hydrogens is 404 g/mol. The molecule has 8 nitrogen and oxygen atoms in total. The van der Waals surface area contributed by atoms with Crippen LogP contribution in [0.25, 0.3) is 28.0 Å². The summed E-state index contributed by atoms with van der Waals surface area (Å²) >= 11 is 0. The molecule has 2 fully saturated rings. The van der Waals surface area contributed by atoms with Crippen LogP contribution in [0.15, 0.2) is 55.0 Å². The number of pyridine rings is 1. The van der Waals surface area contributed by atoms with Crippen LogP contribution in [0.1, 0.15) is 32.1 Å². The van der Waals surface area contributed by atoms with Crippen molar-refractivity contribution < 1.29 is 9.84 Å². The summed E-state index contributed by atoms with van der Waals surface area (Å²) in [6.45, 7) is 0. The molecule has 2 N–H and O–H groups in total. The second-order valence-corrected chi connectivity index (χ2v) is 8.70. The number of rotatable bonds is 4. The zero-order valence-corrected chi connectivity index (χ0v) is 17.6. The fraction of sp³-hybridized carbons (Fsp3) is 0.333. The molecule has 0 saturated carbocycles. The van der Waals surface area contributed by atoms with E-state index in [0.717, 1.165) is 29.6 Å². The molecule has 2 unspecified atom stereocenters. The lowest BCUT2D eigenvalue weighted by Gasteiger charge is -2.39. The maximum atomic E-state index is 10.7. The maximum Gasteiger partial charge on any atom is 0.233 e. The fourth-order valence-corrected chi connectivity index (χ4v) is 4.93. The summed E-state index contributed by atoms with van der Waals surface area (Å²) in [6.07, 6.45) is 9.53. The molecule has 162 valence electrons. The predicted molar refractivity (Wildman–Crippen MR) is 119 cm³/mol. The highest BCUT2D eigenvalue weighted by molar-refractivity contribution is 5.75. The van der Waals surface area contributed by atoms with Crippen molar-refractivity contribution in [2.45, 2.75) is 50.3 Å². The summed E-state index contributed by atoms with van der Waals surface area (Å²) in [5.74, 6) is 0.689. The number of phenolic OH excluding ortho intramolecular Hbond substituents is 1. The number of aromatic hydroxyl groups is 1. The van der Waals surface area contributed by atoms with E-state index in [4.69, 9.17) is 4.74 Å². The Balaban J connectivity index is 1.19. The van der Waals surface area contributed by atoms with Gasteiger partial charge in [0.05, 0.1) is 5.69 Å². The molecule has 0 amide bonds. The van der Waals surface area contributed by atoms with Crippen LogP contribution >= 0.6 is 0 Å². The average molecular weight is 428 g/mol. The zero-order chi connectivity index (χ0) is 21.5. The number of piperidine rings is 2. The van der Waals surface area contributed by atoms with Gasteiger partial charge in [0, 0.05) is 29.9 Å². The lowest BCUT2D eigenvalue weighted by atomic mass is 9.85. The standard InChI is InChI=1S/C24H24N6O2/c31-22-10-15(16-8-9-30-14-25-28-23(30)11-16)4-5-20(22)21-6-7-24(29-27-21)32-19-12-17-2-1-3-18(13-19)26-17/h4-11,14,17-19,26,31H,1-3,12-13H2. The van der Waals surface area contributed by atoms with Gasteiger partial charge in [0.25, 0.3) is 0 Å². The largest absolute Gasteiger partial charge is 0.507 e. The number of hydrogen-bond acceptors (Lipinski definition) is 7. The molecule has 2 aliphatic rings. The Labute approximate surface area is 185 Å². The zero-order valence-electron chi connectivity index (χ0n) is 17.6. The third-order valence-electron chi connectivity index (χ3n) is 6.51. The van der Waals surface area contributed by atoms with Gasteiger partial charge in [0.1, 0.15) is 18.2 Å². The second kappa shape index (κ2) is 7.87. The summed E-state index contributed by atoms with van der Waals surface area (Å²) in [7, 11) is 0. The average Bonchev–Trinajstić information content (AvgIpc) is 3.27. The predicted octanol–water partition coefficient (Wildman–Crippen LogP) is 3.61. The first kappa shape index (κ1) is 19.2. The summed E-state index contributed by atoms with van der Waals surface area (Å²) in [6, 6.07) is 14.2.